The Morgan fingerprint density at radius 2 is 1.95 bits per heavy atom. The van der Waals surface area contributed by atoms with Gasteiger partial charge in [-0.2, -0.15) is 0 Å². The van der Waals surface area contributed by atoms with E-state index in [0.717, 1.165) is 13.1 Å². The minimum absolute atomic E-state index is 0.411. The molecule has 3 heteroatoms. The zero-order valence-electron chi connectivity index (χ0n) is 14.2. The van der Waals surface area contributed by atoms with Gasteiger partial charge in [-0.05, 0) is 65.0 Å². The van der Waals surface area contributed by atoms with Gasteiger partial charge >= 0.3 is 0 Å². The summed E-state index contributed by atoms with van der Waals surface area (Å²) in [5.41, 5.74) is 4.16. The van der Waals surface area contributed by atoms with Gasteiger partial charge in [0.2, 0.25) is 0 Å². The van der Waals surface area contributed by atoms with Gasteiger partial charge in [-0.3, -0.25) is 0 Å². The van der Waals surface area contributed by atoms with Crippen LogP contribution in [0.4, 0.5) is 0 Å². The van der Waals surface area contributed by atoms with Gasteiger partial charge < -0.3 is 15.1 Å². The van der Waals surface area contributed by atoms with E-state index in [2.05, 4.69) is 61.3 Å². The molecule has 1 unspecified atom stereocenters. The summed E-state index contributed by atoms with van der Waals surface area (Å²) in [6.07, 6.45) is 2.76. The maximum absolute atomic E-state index is 3.49. The zero-order valence-corrected chi connectivity index (χ0v) is 14.2. The molecule has 1 aromatic carbocycles. The lowest BCUT2D eigenvalue weighted by Gasteiger charge is -2.27. The molecule has 1 fully saturated rings. The van der Waals surface area contributed by atoms with Crippen molar-refractivity contribution in [1.29, 1.82) is 0 Å². The standard InChI is InChI=1S/C18H31N3/c1-15-7-8-16(2)17(13-15)18(19-3)14-20(4)11-12-21-9-5-6-10-21/h7-8,13,18-19H,5-6,9-12,14H2,1-4H3. The molecule has 1 aliphatic heterocycles. The predicted molar refractivity (Wildman–Crippen MR) is 90.9 cm³/mol. The first-order valence-electron chi connectivity index (χ1n) is 8.25. The average molecular weight is 289 g/mol. The van der Waals surface area contributed by atoms with Crippen LogP contribution in [0.3, 0.4) is 0 Å². The molecule has 1 atom stereocenters. The van der Waals surface area contributed by atoms with Gasteiger partial charge in [-0.25, -0.2) is 0 Å². The first kappa shape index (κ1) is 16.5. The summed E-state index contributed by atoms with van der Waals surface area (Å²) in [6, 6.07) is 7.17. The van der Waals surface area contributed by atoms with E-state index in [9.17, 15) is 0 Å². The minimum atomic E-state index is 0.411. The highest BCUT2D eigenvalue weighted by Gasteiger charge is 2.16. The molecule has 0 spiro atoms. The highest BCUT2D eigenvalue weighted by molar-refractivity contribution is 5.33. The Morgan fingerprint density at radius 3 is 2.62 bits per heavy atom. The number of likely N-dealkylation sites (N-methyl/N-ethyl adjacent to an activating group) is 2. The summed E-state index contributed by atoms with van der Waals surface area (Å²) in [5, 5.41) is 3.49. The van der Waals surface area contributed by atoms with Crippen LogP contribution in [0.15, 0.2) is 18.2 Å². The second-order valence-electron chi connectivity index (χ2n) is 6.51. The van der Waals surface area contributed by atoms with Gasteiger partial charge in [-0.1, -0.05) is 23.8 Å². The van der Waals surface area contributed by atoms with Crippen molar-refractivity contribution in [2.45, 2.75) is 32.7 Å². The monoisotopic (exact) mass is 289 g/mol. The van der Waals surface area contributed by atoms with Crippen molar-refractivity contribution in [2.75, 3.05) is 46.8 Å². The summed E-state index contributed by atoms with van der Waals surface area (Å²) in [5.74, 6) is 0. The average Bonchev–Trinajstić information content (AvgIpc) is 2.98. The second kappa shape index (κ2) is 7.92. The maximum Gasteiger partial charge on any atom is 0.0449 e. The van der Waals surface area contributed by atoms with E-state index in [1.807, 2.05) is 0 Å². The fourth-order valence-corrected chi connectivity index (χ4v) is 3.20. The SMILES string of the molecule is CNC(CN(C)CCN1CCCC1)c1cc(C)ccc1C. The zero-order chi connectivity index (χ0) is 15.2. The van der Waals surface area contributed by atoms with Crippen LogP contribution in [-0.2, 0) is 0 Å². The number of rotatable bonds is 7. The molecule has 118 valence electrons. The molecule has 0 bridgehead atoms. The Kier molecular flexibility index (Phi) is 6.22. The van der Waals surface area contributed by atoms with E-state index >= 15 is 0 Å². The summed E-state index contributed by atoms with van der Waals surface area (Å²) >= 11 is 0. The van der Waals surface area contributed by atoms with Crippen molar-refractivity contribution in [2.24, 2.45) is 0 Å². The Labute approximate surface area is 130 Å². The van der Waals surface area contributed by atoms with E-state index in [4.69, 9.17) is 0 Å². The lowest BCUT2D eigenvalue weighted by molar-refractivity contribution is 0.241. The van der Waals surface area contributed by atoms with Crippen LogP contribution in [0.2, 0.25) is 0 Å². The molecule has 1 aliphatic rings. The Hall–Kier alpha value is -0.900. The quantitative estimate of drug-likeness (QED) is 0.832. The lowest BCUT2D eigenvalue weighted by atomic mass is 9.98. The molecule has 1 aromatic rings. The third kappa shape index (κ3) is 4.80. The van der Waals surface area contributed by atoms with E-state index in [1.54, 1.807) is 0 Å². The van der Waals surface area contributed by atoms with Gasteiger partial charge in [0.15, 0.2) is 0 Å². The first-order valence-corrected chi connectivity index (χ1v) is 8.25. The van der Waals surface area contributed by atoms with Crippen molar-refractivity contribution < 1.29 is 0 Å². The minimum Gasteiger partial charge on any atom is -0.312 e. The van der Waals surface area contributed by atoms with Crippen molar-refractivity contribution in [3.8, 4) is 0 Å². The van der Waals surface area contributed by atoms with Gasteiger partial charge in [0, 0.05) is 25.7 Å². The predicted octanol–water partition coefficient (Wildman–Crippen LogP) is 2.59. The maximum atomic E-state index is 3.49. The molecule has 0 radical (unpaired) electrons. The Bertz CT molecular complexity index is 438. The normalized spacial score (nSPS) is 17.6. The third-order valence-electron chi connectivity index (χ3n) is 4.65. The molecule has 2 rings (SSSR count). The van der Waals surface area contributed by atoms with Crippen molar-refractivity contribution in [3.63, 3.8) is 0 Å². The molecule has 1 N–H and O–H groups in total. The molecule has 1 saturated heterocycles. The third-order valence-corrected chi connectivity index (χ3v) is 4.65. The molecule has 0 aromatic heterocycles. The van der Waals surface area contributed by atoms with Crippen LogP contribution in [-0.4, -0.2) is 56.6 Å². The number of hydrogen-bond donors (Lipinski definition) is 1. The van der Waals surface area contributed by atoms with Gasteiger partial charge in [0.05, 0.1) is 0 Å². The summed E-state index contributed by atoms with van der Waals surface area (Å²) in [6.45, 7) is 10.4. The number of nitrogens with one attached hydrogen (secondary N) is 1. The molecular weight excluding hydrogens is 258 g/mol. The summed E-state index contributed by atoms with van der Waals surface area (Å²) in [4.78, 5) is 5.05. The molecule has 0 aliphatic carbocycles. The second-order valence-corrected chi connectivity index (χ2v) is 6.51. The molecule has 3 nitrogen and oxygen atoms in total. The van der Waals surface area contributed by atoms with E-state index in [-0.39, 0.29) is 0 Å². The van der Waals surface area contributed by atoms with Crippen LogP contribution in [0.5, 0.6) is 0 Å². The van der Waals surface area contributed by atoms with Crippen LogP contribution < -0.4 is 5.32 Å². The van der Waals surface area contributed by atoms with Crippen molar-refractivity contribution >= 4 is 0 Å². The van der Waals surface area contributed by atoms with E-state index < -0.39 is 0 Å². The smallest absolute Gasteiger partial charge is 0.0449 e. The van der Waals surface area contributed by atoms with Crippen LogP contribution in [0.25, 0.3) is 0 Å². The van der Waals surface area contributed by atoms with Crippen LogP contribution in [0.1, 0.15) is 35.6 Å². The highest BCUT2D eigenvalue weighted by atomic mass is 15.2. The van der Waals surface area contributed by atoms with E-state index in [1.165, 1.54) is 49.2 Å². The largest absolute Gasteiger partial charge is 0.312 e. The Morgan fingerprint density at radius 1 is 1.24 bits per heavy atom. The van der Waals surface area contributed by atoms with Crippen molar-refractivity contribution in [3.05, 3.63) is 34.9 Å². The fraction of sp³-hybridized carbons (Fsp3) is 0.667. The number of aryl methyl sites for hydroxylation is 2. The molecule has 1 heterocycles. The first-order chi connectivity index (χ1) is 10.1. The topological polar surface area (TPSA) is 18.5 Å². The van der Waals surface area contributed by atoms with E-state index in [0.29, 0.717) is 6.04 Å². The van der Waals surface area contributed by atoms with Gasteiger partial charge in [-0.15, -0.1) is 0 Å². The number of likely N-dealkylation sites (tertiary alicyclic amines) is 1. The molecule has 0 amide bonds. The van der Waals surface area contributed by atoms with Crippen LogP contribution >= 0.6 is 0 Å². The van der Waals surface area contributed by atoms with Crippen molar-refractivity contribution in [1.82, 2.24) is 15.1 Å². The fourth-order valence-electron chi connectivity index (χ4n) is 3.20. The number of nitrogens with zero attached hydrogens (tertiary/aromatic N) is 2. The summed E-state index contributed by atoms with van der Waals surface area (Å²) in [7, 11) is 4.31. The molecular formula is C18H31N3. The summed E-state index contributed by atoms with van der Waals surface area (Å²) < 4.78 is 0. The van der Waals surface area contributed by atoms with Crippen LogP contribution in [0, 0.1) is 13.8 Å². The number of benzene rings is 1. The molecule has 21 heavy (non-hydrogen) atoms. The van der Waals surface area contributed by atoms with Gasteiger partial charge in [0.25, 0.3) is 0 Å². The Balaban J connectivity index is 1.89. The number of hydrogen-bond acceptors (Lipinski definition) is 3. The molecule has 0 saturated carbocycles. The highest BCUT2D eigenvalue weighted by Crippen LogP contribution is 2.20. The van der Waals surface area contributed by atoms with Gasteiger partial charge in [0.1, 0.15) is 0 Å². The lowest BCUT2D eigenvalue weighted by Crippen LogP contribution is -2.36.